The molecule has 0 fully saturated rings. The van der Waals surface area contributed by atoms with Gasteiger partial charge in [-0.2, -0.15) is 5.10 Å². The lowest BCUT2D eigenvalue weighted by molar-refractivity contribution is 0.543. The van der Waals surface area contributed by atoms with E-state index in [2.05, 4.69) is 35.4 Å². The van der Waals surface area contributed by atoms with Crippen molar-refractivity contribution in [2.75, 3.05) is 0 Å². The Balaban J connectivity index is 2.20. The molecule has 2 rings (SSSR count). The number of nitrogens with one attached hydrogen (secondary N) is 1. The van der Waals surface area contributed by atoms with E-state index in [1.165, 1.54) is 5.57 Å². The van der Waals surface area contributed by atoms with Crippen molar-refractivity contribution in [3.05, 3.63) is 11.6 Å². The summed E-state index contributed by atoms with van der Waals surface area (Å²) >= 11 is 0. The molecule has 2 aliphatic rings. The third-order valence-corrected chi connectivity index (χ3v) is 2.25. The van der Waals surface area contributed by atoms with Crippen LogP contribution in [0.1, 0.15) is 13.8 Å². The molecule has 2 heterocycles. The highest BCUT2D eigenvalue weighted by Gasteiger charge is 2.24. The zero-order chi connectivity index (χ0) is 8.55. The topological polar surface area (TPSA) is 36.8 Å². The van der Waals surface area contributed by atoms with Gasteiger partial charge >= 0.3 is 0 Å². The number of hydrazone groups is 1. The van der Waals surface area contributed by atoms with Crippen LogP contribution >= 0.6 is 0 Å². The Morgan fingerprint density at radius 2 is 2.33 bits per heavy atom. The van der Waals surface area contributed by atoms with Crippen LogP contribution in [0.5, 0.6) is 0 Å². The quantitative estimate of drug-likeness (QED) is 0.619. The first-order chi connectivity index (χ1) is 5.77. The first kappa shape index (κ1) is 7.53. The average molecular weight is 163 g/mol. The van der Waals surface area contributed by atoms with Crippen LogP contribution in [0.2, 0.25) is 0 Å². The normalized spacial score (nSPS) is 31.8. The predicted molar refractivity (Wildman–Crippen MR) is 50.3 cm³/mol. The summed E-state index contributed by atoms with van der Waals surface area (Å²) in [6.45, 7) is 4.36. The number of allylic oxidation sites excluding steroid dienone is 1. The van der Waals surface area contributed by atoms with Crippen molar-refractivity contribution < 1.29 is 0 Å². The smallest absolute Gasteiger partial charge is 0.145 e. The van der Waals surface area contributed by atoms with Crippen LogP contribution < -0.4 is 5.43 Å². The van der Waals surface area contributed by atoms with Crippen molar-refractivity contribution in [1.82, 2.24) is 5.43 Å². The summed E-state index contributed by atoms with van der Waals surface area (Å²) in [7, 11) is 0. The minimum Gasteiger partial charge on any atom is -0.285 e. The summed E-state index contributed by atoms with van der Waals surface area (Å²) in [5.41, 5.74) is 4.26. The van der Waals surface area contributed by atoms with E-state index in [0.29, 0.717) is 11.8 Å². The second-order valence-corrected chi connectivity index (χ2v) is 3.53. The first-order valence-electron chi connectivity index (χ1n) is 4.31. The van der Waals surface area contributed by atoms with Crippen molar-refractivity contribution in [1.29, 1.82) is 0 Å². The first-order valence-corrected chi connectivity index (χ1v) is 4.31. The maximum absolute atomic E-state index is 4.36. The van der Waals surface area contributed by atoms with Crippen molar-refractivity contribution in [2.45, 2.75) is 20.0 Å². The molecule has 0 spiro atoms. The molecule has 3 nitrogen and oxygen atoms in total. The van der Waals surface area contributed by atoms with Gasteiger partial charge in [0.05, 0.1) is 5.92 Å². The van der Waals surface area contributed by atoms with E-state index in [1.54, 1.807) is 0 Å². The third kappa shape index (κ3) is 1.15. The van der Waals surface area contributed by atoms with Gasteiger partial charge in [0.1, 0.15) is 6.17 Å². The zero-order valence-corrected chi connectivity index (χ0v) is 7.36. The maximum atomic E-state index is 4.36. The molecule has 2 atom stereocenters. The minimum absolute atomic E-state index is 0.160. The highest BCUT2D eigenvalue weighted by molar-refractivity contribution is 5.83. The molecule has 0 saturated carbocycles. The second kappa shape index (κ2) is 2.73. The van der Waals surface area contributed by atoms with Gasteiger partial charge in [-0.25, -0.2) is 0 Å². The van der Waals surface area contributed by atoms with E-state index in [0.717, 1.165) is 0 Å². The Hall–Kier alpha value is -1.12. The SMILES string of the molecule is CC(C)C1=CC2C=NNC2N=C1. The summed E-state index contributed by atoms with van der Waals surface area (Å²) in [6, 6.07) is 0. The lowest BCUT2D eigenvalue weighted by Crippen LogP contribution is -2.27. The molecule has 0 bridgehead atoms. The molecule has 64 valence electrons. The van der Waals surface area contributed by atoms with Gasteiger partial charge in [-0.3, -0.25) is 10.4 Å². The standard InChI is InChI=1S/C9H13N3/c1-6(2)7-3-8-5-11-12-9(8)10-4-7/h3-6,8-9,12H,1-2H3. The van der Waals surface area contributed by atoms with Crippen molar-refractivity contribution >= 4 is 12.4 Å². The molecule has 0 aromatic rings. The molecule has 0 aromatic carbocycles. The lowest BCUT2D eigenvalue weighted by Gasteiger charge is -2.18. The number of dihydropyridines is 1. The van der Waals surface area contributed by atoms with E-state index < -0.39 is 0 Å². The summed E-state index contributed by atoms with van der Waals surface area (Å²) in [5, 5.41) is 3.99. The van der Waals surface area contributed by atoms with Crippen LogP contribution in [-0.2, 0) is 0 Å². The van der Waals surface area contributed by atoms with Crippen LogP contribution in [0.3, 0.4) is 0 Å². The van der Waals surface area contributed by atoms with E-state index in [-0.39, 0.29) is 6.17 Å². The summed E-state index contributed by atoms with van der Waals surface area (Å²) in [5.74, 6) is 0.927. The fourth-order valence-electron chi connectivity index (χ4n) is 1.41. The van der Waals surface area contributed by atoms with Gasteiger partial charge in [0.2, 0.25) is 0 Å². The van der Waals surface area contributed by atoms with E-state index >= 15 is 0 Å². The van der Waals surface area contributed by atoms with Gasteiger partial charge in [-0.05, 0) is 11.5 Å². The van der Waals surface area contributed by atoms with Gasteiger partial charge in [-0.1, -0.05) is 19.9 Å². The summed E-state index contributed by atoms with van der Waals surface area (Å²) in [6.07, 6.45) is 6.27. The summed E-state index contributed by atoms with van der Waals surface area (Å²) in [4.78, 5) is 4.36. The summed E-state index contributed by atoms with van der Waals surface area (Å²) < 4.78 is 0. The Morgan fingerprint density at radius 1 is 1.50 bits per heavy atom. The average Bonchev–Trinajstić information content (AvgIpc) is 2.49. The number of hydrogen-bond acceptors (Lipinski definition) is 3. The maximum Gasteiger partial charge on any atom is 0.145 e. The Bertz CT molecular complexity index is 263. The van der Waals surface area contributed by atoms with Crippen LogP contribution in [0.4, 0.5) is 0 Å². The van der Waals surface area contributed by atoms with Crippen LogP contribution in [0, 0.1) is 11.8 Å². The van der Waals surface area contributed by atoms with Crippen molar-refractivity contribution in [3.63, 3.8) is 0 Å². The molecule has 2 aliphatic heterocycles. The van der Waals surface area contributed by atoms with Gasteiger partial charge in [-0.15, -0.1) is 0 Å². The van der Waals surface area contributed by atoms with E-state index in [9.17, 15) is 0 Å². The number of hydrogen-bond donors (Lipinski definition) is 1. The molecule has 0 aliphatic carbocycles. The second-order valence-electron chi connectivity index (χ2n) is 3.53. The fraction of sp³-hybridized carbons (Fsp3) is 0.556. The third-order valence-electron chi connectivity index (χ3n) is 2.25. The van der Waals surface area contributed by atoms with Crippen molar-refractivity contribution in [2.24, 2.45) is 21.9 Å². The number of rotatable bonds is 1. The molecular formula is C9H13N3. The zero-order valence-electron chi connectivity index (χ0n) is 7.36. The molecule has 3 heteroatoms. The van der Waals surface area contributed by atoms with Gasteiger partial charge in [0.25, 0.3) is 0 Å². The molecule has 0 radical (unpaired) electrons. The molecule has 12 heavy (non-hydrogen) atoms. The van der Waals surface area contributed by atoms with Crippen molar-refractivity contribution in [3.8, 4) is 0 Å². The predicted octanol–water partition coefficient (Wildman–Crippen LogP) is 1.18. The highest BCUT2D eigenvalue weighted by Crippen LogP contribution is 2.20. The Labute approximate surface area is 72.3 Å². The fourth-order valence-corrected chi connectivity index (χ4v) is 1.41. The molecule has 0 amide bonds. The number of fused-ring (bicyclic) bond motifs is 1. The minimum atomic E-state index is 0.160. The van der Waals surface area contributed by atoms with Gasteiger partial charge < -0.3 is 0 Å². The molecule has 2 unspecified atom stereocenters. The Morgan fingerprint density at radius 3 is 3.08 bits per heavy atom. The lowest BCUT2D eigenvalue weighted by atomic mass is 9.95. The number of nitrogens with zero attached hydrogens (tertiary/aromatic N) is 2. The molecule has 0 saturated heterocycles. The Kier molecular flexibility index (Phi) is 1.71. The highest BCUT2D eigenvalue weighted by atomic mass is 15.4. The monoisotopic (exact) mass is 163 g/mol. The number of aliphatic imine (C=N–C) groups is 1. The van der Waals surface area contributed by atoms with Gasteiger partial charge in [0.15, 0.2) is 0 Å². The van der Waals surface area contributed by atoms with Crippen LogP contribution in [0.15, 0.2) is 21.7 Å². The van der Waals surface area contributed by atoms with Gasteiger partial charge in [0, 0.05) is 12.4 Å². The molecule has 1 N–H and O–H groups in total. The molecule has 0 aromatic heterocycles. The van der Waals surface area contributed by atoms with Crippen LogP contribution in [0.25, 0.3) is 0 Å². The van der Waals surface area contributed by atoms with E-state index in [4.69, 9.17) is 0 Å². The molecular weight excluding hydrogens is 150 g/mol. The van der Waals surface area contributed by atoms with E-state index in [1.807, 2.05) is 12.4 Å². The van der Waals surface area contributed by atoms with Crippen LogP contribution in [-0.4, -0.2) is 18.6 Å². The largest absolute Gasteiger partial charge is 0.285 e.